The van der Waals surface area contributed by atoms with Crippen molar-refractivity contribution in [2.45, 2.75) is 50.4 Å². The van der Waals surface area contributed by atoms with Gasteiger partial charge < -0.3 is 23.7 Å². The van der Waals surface area contributed by atoms with E-state index in [1.54, 1.807) is 25.3 Å². The summed E-state index contributed by atoms with van der Waals surface area (Å²) < 4.78 is 27.6. The minimum atomic E-state index is -0.461. The standard InChI is InChI=1S/C24H28O7/c1-14-17-9-7-15(6-5-11-24(2)21(31-24)20(17)30-22(14)25)13-29-23(26)18-10-8-16(27-3)12-19(18)28-4/h6,8,10,12,17,20-21H,1,5,7,9,11,13H2,2-4H3/b15-6+/t17-,20-,21-,24+/m0/s1. The van der Waals surface area contributed by atoms with Gasteiger partial charge in [-0.2, -0.15) is 0 Å². The van der Waals surface area contributed by atoms with Crippen LogP contribution in [0.3, 0.4) is 0 Å². The van der Waals surface area contributed by atoms with Crippen molar-refractivity contribution in [1.29, 1.82) is 0 Å². The van der Waals surface area contributed by atoms with Crippen molar-refractivity contribution in [3.63, 3.8) is 0 Å². The van der Waals surface area contributed by atoms with Crippen LogP contribution in [0, 0.1) is 5.92 Å². The quantitative estimate of drug-likeness (QED) is 0.307. The number of ether oxygens (including phenoxy) is 5. The van der Waals surface area contributed by atoms with Crippen LogP contribution in [0.25, 0.3) is 0 Å². The van der Waals surface area contributed by atoms with E-state index in [1.165, 1.54) is 7.11 Å². The number of epoxide rings is 1. The molecule has 0 saturated carbocycles. The normalized spacial score (nSPS) is 31.5. The summed E-state index contributed by atoms with van der Waals surface area (Å²) in [6, 6.07) is 4.97. The van der Waals surface area contributed by atoms with Crippen LogP contribution >= 0.6 is 0 Å². The second-order valence-electron chi connectivity index (χ2n) is 8.43. The number of hydrogen-bond acceptors (Lipinski definition) is 7. The first kappa shape index (κ1) is 21.4. The predicted octanol–water partition coefficient (Wildman–Crippen LogP) is 3.62. The lowest BCUT2D eigenvalue weighted by atomic mass is 9.84. The van der Waals surface area contributed by atoms with E-state index in [4.69, 9.17) is 23.7 Å². The van der Waals surface area contributed by atoms with Crippen LogP contribution in [0.5, 0.6) is 11.5 Å². The molecule has 0 N–H and O–H groups in total. The highest BCUT2D eigenvalue weighted by atomic mass is 16.6. The molecule has 3 aliphatic rings. The first-order valence-electron chi connectivity index (χ1n) is 10.5. The van der Waals surface area contributed by atoms with Gasteiger partial charge in [-0.05, 0) is 50.3 Å². The molecule has 0 bridgehead atoms. The average molecular weight is 428 g/mol. The molecule has 4 rings (SSSR count). The van der Waals surface area contributed by atoms with Crippen LogP contribution < -0.4 is 9.47 Å². The summed E-state index contributed by atoms with van der Waals surface area (Å²) in [5.74, 6) is 0.112. The van der Waals surface area contributed by atoms with Gasteiger partial charge in [0.2, 0.25) is 0 Å². The third-order valence-electron chi connectivity index (χ3n) is 6.46. The number of hydrogen-bond donors (Lipinski definition) is 0. The number of carbonyl (C=O) groups is 2. The summed E-state index contributed by atoms with van der Waals surface area (Å²) in [5.41, 5.74) is 1.56. The molecule has 0 radical (unpaired) electrons. The Balaban J connectivity index is 1.45. The molecule has 166 valence electrons. The van der Waals surface area contributed by atoms with Crippen LogP contribution in [0.1, 0.15) is 43.0 Å². The van der Waals surface area contributed by atoms with Crippen molar-refractivity contribution < 1.29 is 33.3 Å². The maximum Gasteiger partial charge on any atom is 0.342 e. The highest BCUT2D eigenvalue weighted by Gasteiger charge is 2.61. The number of allylic oxidation sites excluding steroid dienone is 1. The molecule has 7 nitrogen and oxygen atoms in total. The summed E-state index contributed by atoms with van der Waals surface area (Å²) >= 11 is 0. The Bertz CT molecular complexity index is 934. The summed E-state index contributed by atoms with van der Waals surface area (Å²) in [7, 11) is 3.05. The van der Waals surface area contributed by atoms with E-state index in [1.807, 2.05) is 0 Å². The van der Waals surface area contributed by atoms with Crippen LogP contribution in [-0.2, 0) is 19.0 Å². The summed E-state index contributed by atoms with van der Waals surface area (Å²) in [5, 5.41) is 0. The number of benzene rings is 1. The third-order valence-corrected chi connectivity index (χ3v) is 6.46. The molecule has 31 heavy (non-hydrogen) atoms. The Morgan fingerprint density at radius 2 is 2.10 bits per heavy atom. The van der Waals surface area contributed by atoms with E-state index in [0.29, 0.717) is 35.5 Å². The van der Waals surface area contributed by atoms with Gasteiger partial charge in [0.1, 0.15) is 35.9 Å². The van der Waals surface area contributed by atoms with E-state index in [9.17, 15) is 9.59 Å². The zero-order chi connectivity index (χ0) is 22.2. The molecule has 0 amide bonds. The second kappa shape index (κ2) is 8.38. The molecule has 4 atom stereocenters. The Morgan fingerprint density at radius 1 is 1.29 bits per heavy atom. The third kappa shape index (κ3) is 4.19. The molecule has 1 aromatic carbocycles. The Kier molecular flexibility index (Phi) is 5.79. The van der Waals surface area contributed by atoms with E-state index in [0.717, 1.165) is 18.4 Å². The lowest BCUT2D eigenvalue weighted by Crippen LogP contribution is -2.29. The van der Waals surface area contributed by atoms with Crippen LogP contribution in [0.15, 0.2) is 42.0 Å². The number of methoxy groups -OCH3 is 2. The number of rotatable bonds is 5. The lowest BCUT2D eigenvalue weighted by molar-refractivity contribution is -0.140. The molecule has 2 aliphatic heterocycles. The molecule has 2 saturated heterocycles. The predicted molar refractivity (Wildman–Crippen MR) is 112 cm³/mol. The molecule has 2 fully saturated rings. The molecule has 0 aromatic heterocycles. The summed E-state index contributed by atoms with van der Waals surface area (Å²) in [4.78, 5) is 24.7. The van der Waals surface area contributed by atoms with Gasteiger partial charge in [0.25, 0.3) is 0 Å². The average Bonchev–Trinajstić information content (AvgIpc) is 3.36. The van der Waals surface area contributed by atoms with Crippen LogP contribution in [0.2, 0.25) is 0 Å². The molecular weight excluding hydrogens is 400 g/mol. The topological polar surface area (TPSA) is 83.6 Å². The Morgan fingerprint density at radius 3 is 2.84 bits per heavy atom. The minimum Gasteiger partial charge on any atom is -0.497 e. The second-order valence-corrected chi connectivity index (χ2v) is 8.43. The van der Waals surface area contributed by atoms with Gasteiger partial charge in [0, 0.05) is 17.6 Å². The van der Waals surface area contributed by atoms with Crippen molar-refractivity contribution in [1.82, 2.24) is 0 Å². The molecule has 1 aliphatic carbocycles. The van der Waals surface area contributed by atoms with Crippen molar-refractivity contribution in [2.24, 2.45) is 5.92 Å². The first-order chi connectivity index (χ1) is 14.9. The maximum absolute atomic E-state index is 12.7. The van der Waals surface area contributed by atoms with Gasteiger partial charge in [-0.15, -0.1) is 0 Å². The highest BCUT2D eigenvalue weighted by molar-refractivity contribution is 5.93. The van der Waals surface area contributed by atoms with E-state index < -0.39 is 5.97 Å². The van der Waals surface area contributed by atoms with Gasteiger partial charge in [0.15, 0.2) is 0 Å². The Labute approximate surface area is 181 Å². The fourth-order valence-corrected chi connectivity index (χ4v) is 4.45. The summed E-state index contributed by atoms with van der Waals surface area (Å²) in [6.07, 6.45) is 4.76. The van der Waals surface area contributed by atoms with Crippen molar-refractivity contribution in [2.75, 3.05) is 20.8 Å². The zero-order valence-electron chi connectivity index (χ0n) is 18.1. The SMILES string of the molecule is C=C1C(=O)O[C@H]2[C@H]1CC/C(COC(=O)c1ccc(OC)cc1OC)=C\CC[C@@]1(C)O[C@@H]21. The highest BCUT2D eigenvalue weighted by Crippen LogP contribution is 2.49. The van der Waals surface area contributed by atoms with E-state index in [2.05, 4.69) is 19.6 Å². The van der Waals surface area contributed by atoms with Crippen molar-refractivity contribution >= 4 is 11.9 Å². The number of esters is 2. The maximum atomic E-state index is 12.7. The summed E-state index contributed by atoms with van der Waals surface area (Å²) in [6.45, 7) is 6.16. The zero-order valence-corrected chi connectivity index (χ0v) is 18.1. The molecule has 7 heteroatoms. The van der Waals surface area contributed by atoms with Crippen LogP contribution in [-0.4, -0.2) is 50.6 Å². The fourth-order valence-electron chi connectivity index (χ4n) is 4.45. The largest absolute Gasteiger partial charge is 0.497 e. The van der Waals surface area contributed by atoms with Gasteiger partial charge in [-0.25, -0.2) is 9.59 Å². The molecule has 2 heterocycles. The number of fused-ring (bicyclic) bond motifs is 3. The smallest absolute Gasteiger partial charge is 0.342 e. The lowest BCUT2D eigenvalue weighted by Gasteiger charge is -2.20. The Hall–Kier alpha value is -2.80. The minimum absolute atomic E-state index is 0.0731. The molecule has 0 spiro atoms. The van der Waals surface area contributed by atoms with Gasteiger partial charge in [0.05, 0.1) is 19.8 Å². The fraction of sp³-hybridized carbons (Fsp3) is 0.500. The first-order valence-corrected chi connectivity index (χ1v) is 10.5. The molecule has 1 aromatic rings. The monoisotopic (exact) mass is 428 g/mol. The molecule has 0 unspecified atom stereocenters. The van der Waals surface area contributed by atoms with Gasteiger partial charge in [-0.1, -0.05) is 12.7 Å². The van der Waals surface area contributed by atoms with Crippen LogP contribution in [0.4, 0.5) is 0 Å². The molecular formula is C24H28O7. The van der Waals surface area contributed by atoms with Crippen molar-refractivity contribution in [3.05, 3.63) is 47.6 Å². The van der Waals surface area contributed by atoms with E-state index in [-0.39, 0.29) is 36.3 Å². The van der Waals surface area contributed by atoms with Crippen molar-refractivity contribution in [3.8, 4) is 11.5 Å². The van der Waals surface area contributed by atoms with E-state index >= 15 is 0 Å². The van der Waals surface area contributed by atoms with Gasteiger partial charge >= 0.3 is 11.9 Å². The number of carbonyl (C=O) groups excluding carboxylic acids is 2. The van der Waals surface area contributed by atoms with Gasteiger partial charge in [-0.3, -0.25) is 0 Å².